The van der Waals surface area contributed by atoms with Gasteiger partial charge in [0.2, 0.25) is 11.8 Å². The molecule has 0 aliphatic rings. The minimum atomic E-state index is -0.609. The van der Waals surface area contributed by atoms with Gasteiger partial charge in [-0.1, -0.05) is 73.5 Å². The maximum atomic E-state index is 13.7. The fourth-order valence-electron chi connectivity index (χ4n) is 4.06. The van der Waals surface area contributed by atoms with Crippen LogP contribution in [-0.4, -0.2) is 42.2 Å². The fourth-order valence-corrected chi connectivity index (χ4v) is 4.90. The quantitative estimate of drug-likeness (QED) is 0.209. The third kappa shape index (κ3) is 9.29. The zero-order chi connectivity index (χ0) is 26.5. The van der Waals surface area contributed by atoms with Crippen molar-refractivity contribution in [3.63, 3.8) is 0 Å². The van der Waals surface area contributed by atoms with Gasteiger partial charge < -0.3 is 15.0 Å². The molecule has 196 valence electrons. The number of thioether (sulfide) groups is 1. The Balaban J connectivity index is 1.84. The van der Waals surface area contributed by atoms with E-state index in [9.17, 15) is 9.59 Å². The Morgan fingerprint density at radius 3 is 2.41 bits per heavy atom. The van der Waals surface area contributed by atoms with Gasteiger partial charge in [-0.3, -0.25) is 9.59 Å². The summed E-state index contributed by atoms with van der Waals surface area (Å²) in [6.45, 7) is 5.10. The van der Waals surface area contributed by atoms with E-state index in [1.807, 2.05) is 54.6 Å². The number of carbonyl (C=O) groups excluding carboxylic acids is 2. The van der Waals surface area contributed by atoms with Crippen LogP contribution in [0, 0.1) is 6.92 Å². The number of rotatable bonds is 14. The summed E-state index contributed by atoms with van der Waals surface area (Å²) in [5.74, 6) is 1.23. The molecule has 0 unspecified atom stereocenters. The van der Waals surface area contributed by atoms with Gasteiger partial charge in [0.25, 0.3) is 0 Å². The average molecular weight is 519 g/mol. The molecule has 0 aliphatic heterocycles. The molecular weight excluding hydrogens is 480 g/mol. The molecule has 1 N–H and O–H groups in total. The molecule has 3 aromatic carbocycles. The molecule has 1 atom stereocenters. The normalized spacial score (nSPS) is 11.5. The van der Waals surface area contributed by atoms with E-state index < -0.39 is 6.04 Å². The summed E-state index contributed by atoms with van der Waals surface area (Å²) in [6, 6.07) is 25.3. The van der Waals surface area contributed by atoms with Crippen LogP contribution in [0.1, 0.15) is 42.9 Å². The van der Waals surface area contributed by atoms with Crippen LogP contribution in [0.15, 0.2) is 83.8 Å². The van der Waals surface area contributed by atoms with Gasteiger partial charge in [0.15, 0.2) is 0 Å². The number of aryl methyl sites for hydroxylation is 1. The lowest BCUT2D eigenvalue weighted by molar-refractivity contribution is -0.141. The van der Waals surface area contributed by atoms with Gasteiger partial charge in [-0.15, -0.1) is 11.8 Å². The van der Waals surface area contributed by atoms with Gasteiger partial charge in [-0.25, -0.2) is 0 Å². The summed E-state index contributed by atoms with van der Waals surface area (Å²) in [5.41, 5.74) is 3.16. The molecule has 0 spiro atoms. The van der Waals surface area contributed by atoms with Crippen molar-refractivity contribution in [2.24, 2.45) is 0 Å². The molecule has 6 heteroatoms. The highest BCUT2D eigenvalue weighted by Gasteiger charge is 2.30. The standard InChI is InChI=1S/C31H38N2O3S/c1-4-5-19-32-31(35)29(22-25-10-7-6-8-11-25)33(23-26-12-9-13-27(21-26)36-3)30(34)18-20-37-28-16-14-24(2)15-17-28/h6-17,21,29H,4-5,18-20,22-23H2,1-3H3,(H,32,35)/t29-/m0/s1. The molecule has 0 heterocycles. The Kier molecular flexibility index (Phi) is 11.6. The highest BCUT2D eigenvalue weighted by Crippen LogP contribution is 2.22. The maximum Gasteiger partial charge on any atom is 0.243 e. The number of nitrogens with zero attached hydrogens (tertiary/aromatic N) is 1. The molecule has 5 nitrogen and oxygen atoms in total. The lowest BCUT2D eigenvalue weighted by atomic mass is 10.0. The third-order valence-corrected chi connectivity index (χ3v) is 7.21. The number of hydrogen-bond donors (Lipinski definition) is 1. The van der Waals surface area contributed by atoms with Gasteiger partial charge in [0, 0.05) is 36.6 Å². The molecule has 0 bridgehead atoms. The molecule has 37 heavy (non-hydrogen) atoms. The second-order valence-corrected chi connectivity index (χ2v) is 10.3. The molecule has 0 radical (unpaired) electrons. The van der Waals surface area contributed by atoms with Crippen LogP contribution in [0.25, 0.3) is 0 Å². The molecule has 2 amide bonds. The molecular formula is C31H38N2O3S. The summed E-state index contributed by atoms with van der Waals surface area (Å²) >= 11 is 1.66. The van der Waals surface area contributed by atoms with E-state index in [0.717, 1.165) is 34.6 Å². The Morgan fingerprint density at radius 2 is 1.70 bits per heavy atom. The minimum Gasteiger partial charge on any atom is -0.497 e. The lowest BCUT2D eigenvalue weighted by Gasteiger charge is -2.31. The average Bonchev–Trinajstić information content (AvgIpc) is 2.92. The lowest BCUT2D eigenvalue weighted by Crippen LogP contribution is -2.50. The van der Waals surface area contributed by atoms with E-state index in [1.165, 1.54) is 5.56 Å². The summed E-state index contributed by atoms with van der Waals surface area (Å²) in [6.07, 6.45) is 2.70. The number of ether oxygens (including phenoxy) is 1. The highest BCUT2D eigenvalue weighted by atomic mass is 32.2. The van der Waals surface area contributed by atoms with Crippen molar-refractivity contribution in [2.45, 2.75) is 57.0 Å². The van der Waals surface area contributed by atoms with Gasteiger partial charge >= 0.3 is 0 Å². The second-order valence-electron chi connectivity index (χ2n) is 9.13. The van der Waals surface area contributed by atoms with E-state index >= 15 is 0 Å². The van der Waals surface area contributed by atoms with E-state index in [0.29, 0.717) is 31.7 Å². The number of carbonyl (C=O) groups is 2. The van der Waals surface area contributed by atoms with Gasteiger partial charge in [0.05, 0.1) is 7.11 Å². The van der Waals surface area contributed by atoms with Crippen LogP contribution in [0.5, 0.6) is 5.75 Å². The van der Waals surface area contributed by atoms with Crippen LogP contribution < -0.4 is 10.1 Å². The van der Waals surface area contributed by atoms with Crippen LogP contribution in [-0.2, 0) is 22.6 Å². The van der Waals surface area contributed by atoms with Crippen LogP contribution >= 0.6 is 11.8 Å². The first-order valence-corrected chi connectivity index (χ1v) is 13.9. The number of nitrogens with one attached hydrogen (secondary N) is 1. The van der Waals surface area contributed by atoms with Crippen molar-refractivity contribution in [1.82, 2.24) is 10.2 Å². The number of hydrogen-bond acceptors (Lipinski definition) is 4. The Hall–Kier alpha value is -3.25. The van der Waals surface area contributed by atoms with E-state index in [4.69, 9.17) is 4.74 Å². The van der Waals surface area contributed by atoms with E-state index in [2.05, 4.69) is 43.4 Å². The topological polar surface area (TPSA) is 58.6 Å². The highest BCUT2D eigenvalue weighted by molar-refractivity contribution is 7.99. The van der Waals surface area contributed by atoms with Crippen molar-refractivity contribution in [3.05, 3.63) is 95.6 Å². The van der Waals surface area contributed by atoms with Crippen LogP contribution in [0.3, 0.4) is 0 Å². The van der Waals surface area contributed by atoms with Crippen molar-refractivity contribution >= 4 is 23.6 Å². The number of methoxy groups -OCH3 is 1. The zero-order valence-electron chi connectivity index (χ0n) is 22.1. The zero-order valence-corrected chi connectivity index (χ0v) is 22.9. The van der Waals surface area contributed by atoms with Gasteiger partial charge in [-0.2, -0.15) is 0 Å². The van der Waals surface area contributed by atoms with Crippen molar-refractivity contribution in [2.75, 3.05) is 19.4 Å². The fraction of sp³-hybridized carbons (Fsp3) is 0.355. The predicted octanol–water partition coefficient (Wildman–Crippen LogP) is 6.04. The first kappa shape index (κ1) is 28.3. The Bertz CT molecular complexity index is 1120. The largest absolute Gasteiger partial charge is 0.497 e. The summed E-state index contributed by atoms with van der Waals surface area (Å²) < 4.78 is 5.40. The Morgan fingerprint density at radius 1 is 0.973 bits per heavy atom. The SMILES string of the molecule is CCCCNC(=O)[C@H](Cc1ccccc1)N(Cc1cccc(OC)c1)C(=O)CCSc1ccc(C)cc1. The first-order chi connectivity index (χ1) is 18.0. The van der Waals surface area contributed by atoms with Crippen LogP contribution in [0.4, 0.5) is 0 Å². The smallest absolute Gasteiger partial charge is 0.243 e. The van der Waals surface area contributed by atoms with Crippen LogP contribution in [0.2, 0.25) is 0 Å². The summed E-state index contributed by atoms with van der Waals surface area (Å²) in [4.78, 5) is 30.1. The minimum absolute atomic E-state index is 0.0333. The van der Waals surface area contributed by atoms with Crippen molar-refractivity contribution < 1.29 is 14.3 Å². The molecule has 0 saturated heterocycles. The molecule has 0 aliphatic carbocycles. The third-order valence-electron chi connectivity index (χ3n) is 6.19. The summed E-state index contributed by atoms with van der Waals surface area (Å²) in [5, 5.41) is 3.07. The van der Waals surface area contributed by atoms with Crippen molar-refractivity contribution in [3.8, 4) is 5.75 Å². The molecule has 0 aromatic heterocycles. The molecule has 0 saturated carbocycles. The van der Waals surface area contributed by atoms with Gasteiger partial charge in [-0.05, 0) is 48.7 Å². The molecule has 3 aromatic rings. The van der Waals surface area contributed by atoms with Crippen molar-refractivity contribution in [1.29, 1.82) is 0 Å². The molecule has 3 rings (SSSR count). The Labute approximate surface area is 225 Å². The number of unbranched alkanes of at least 4 members (excludes halogenated alkanes) is 1. The predicted molar refractivity (Wildman–Crippen MR) is 152 cm³/mol. The van der Waals surface area contributed by atoms with E-state index in [1.54, 1.807) is 23.8 Å². The first-order valence-electron chi connectivity index (χ1n) is 12.9. The number of benzene rings is 3. The van der Waals surface area contributed by atoms with Gasteiger partial charge in [0.1, 0.15) is 11.8 Å². The second kappa shape index (κ2) is 15.1. The summed E-state index contributed by atoms with van der Waals surface area (Å²) in [7, 11) is 1.63. The molecule has 0 fully saturated rings. The maximum absolute atomic E-state index is 13.7. The monoisotopic (exact) mass is 518 g/mol. The number of amides is 2. The van der Waals surface area contributed by atoms with E-state index in [-0.39, 0.29) is 11.8 Å².